The minimum Gasteiger partial charge on any atom is -0.452 e. The highest BCUT2D eigenvalue weighted by molar-refractivity contribution is 7.98. The van der Waals surface area contributed by atoms with E-state index < -0.39 is 24.5 Å². The van der Waals surface area contributed by atoms with E-state index in [0.717, 1.165) is 10.5 Å². The Balaban J connectivity index is 1.87. The van der Waals surface area contributed by atoms with Crippen molar-refractivity contribution in [1.82, 2.24) is 5.32 Å². The summed E-state index contributed by atoms with van der Waals surface area (Å²) >= 11 is 1.57. The van der Waals surface area contributed by atoms with Crippen LogP contribution in [0.1, 0.15) is 22.8 Å². The van der Waals surface area contributed by atoms with Gasteiger partial charge in [0.2, 0.25) is 0 Å². The lowest BCUT2D eigenvalue weighted by Crippen LogP contribution is -2.43. The number of nitrogens with one attached hydrogen (secondary N) is 1. The molecule has 2 rings (SSSR count). The van der Waals surface area contributed by atoms with Crippen LogP contribution in [0.4, 0.5) is 0 Å². The topological polar surface area (TPSA) is 72.5 Å². The van der Waals surface area contributed by atoms with E-state index in [1.54, 1.807) is 23.9 Å². The zero-order chi connectivity index (χ0) is 18.9. The third-order valence-electron chi connectivity index (χ3n) is 3.77. The predicted octanol–water partition coefficient (Wildman–Crippen LogP) is 2.88. The number of hydrogen-bond acceptors (Lipinski definition) is 5. The zero-order valence-corrected chi connectivity index (χ0v) is 15.5. The molecule has 0 aliphatic rings. The summed E-state index contributed by atoms with van der Waals surface area (Å²) in [6.07, 6.45) is 2.34. The zero-order valence-electron chi connectivity index (χ0n) is 14.7. The molecule has 5 nitrogen and oxygen atoms in total. The molecule has 1 amide bonds. The van der Waals surface area contributed by atoms with Gasteiger partial charge in [-0.05, 0) is 49.4 Å². The Morgan fingerprint density at radius 2 is 1.69 bits per heavy atom. The van der Waals surface area contributed by atoms with Crippen LogP contribution in [0.3, 0.4) is 0 Å². The molecule has 0 spiro atoms. The lowest BCUT2D eigenvalue weighted by Gasteiger charge is -2.16. The Morgan fingerprint density at radius 3 is 2.27 bits per heavy atom. The maximum atomic E-state index is 12.0. The van der Waals surface area contributed by atoms with Gasteiger partial charge in [-0.25, -0.2) is 4.79 Å². The fraction of sp³-hybridized carbons (Fsp3) is 0.250. The molecule has 0 heterocycles. The molecule has 0 saturated heterocycles. The highest BCUT2D eigenvalue weighted by Crippen LogP contribution is 2.15. The van der Waals surface area contributed by atoms with Gasteiger partial charge in [0.05, 0.1) is 11.6 Å². The predicted molar refractivity (Wildman–Crippen MR) is 101 cm³/mol. The van der Waals surface area contributed by atoms with Crippen LogP contribution in [0.25, 0.3) is 0 Å². The fourth-order valence-corrected chi connectivity index (χ4v) is 2.73. The van der Waals surface area contributed by atoms with Gasteiger partial charge < -0.3 is 10.1 Å². The van der Waals surface area contributed by atoms with Gasteiger partial charge in [0.15, 0.2) is 12.4 Å². The Hall–Kier alpha value is -2.60. The number of carbonyl (C=O) groups is 3. The number of ether oxygens (including phenoxy) is 1. The van der Waals surface area contributed by atoms with E-state index in [9.17, 15) is 14.4 Å². The van der Waals surface area contributed by atoms with Gasteiger partial charge in [-0.2, -0.15) is 0 Å². The monoisotopic (exact) mass is 371 g/mol. The van der Waals surface area contributed by atoms with E-state index in [1.807, 2.05) is 48.7 Å². The van der Waals surface area contributed by atoms with Gasteiger partial charge in [0.1, 0.15) is 0 Å². The quantitative estimate of drug-likeness (QED) is 0.571. The molecular formula is C20H21NO4S. The minimum atomic E-state index is -0.649. The smallest absolute Gasteiger partial charge is 0.338 e. The molecule has 26 heavy (non-hydrogen) atoms. The largest absolute Gasteiger partial charge is 0.452 e. The number of esters is 1. The lowest BCUT2D eigenvalue weighted by atomic mass is 10.0. The molecule has 1 atom stereocenters. The molecule has 2 aromatic carbocycles. The molecule has 0 saturated carbocycles. The van der Waals surface area contributed by atoms with Crippen molar-refractivity contribution in [2.45, 2.75) is 24.3 Å². The first-order chi connectivity index (χ1) is 12.5. The molecule has 136 valence electrons. The Bertz CT molecular complexity index is 759. The van der Waals surface area contributed by atoms with Crippen LogP contribution in [0.2, 0.25) is 0 Å². The minimum absolute atomic E-state index is 0.152. The number of rotatable bonds is 8. The number of hydrogen-bond donors (Lipinski definition) is 1. The van der Waals surface area contributed by atoms with E-state index in [-0.39, 0.29) is 5.78 Å². The normalized spacial score (nSPS) is 11.5. The number of benzene rings is 2. The van der Waals surface area contributed by atoms with Crippen molar-refractivity contribution in [3.8, 4) is 0 Å². The van der Waals surface area contributed by atoms with Crippen molar-refractivity contribution < 1.29 is 19.1 Å². The van der Waals surface area contributed by atoms with Gasteiger partial charge in [0, 0.05) is 4.90 Å². The lowest BCUT2D eigenvalue weighted by molar-refractivity contribution is -0.128. The van der Waals surface area contributed by atoms with Crippen molar-refractivity contribution in [3.63, 3.8) is 0 Å². The molecule has 0 fully saturated rings. The van der Waals surface area contributed by atoms with E-state index in [0.29, 0.717) is 12.0 Å². The van der Waals surface area contributed by atoms with Crippen LogP contribution < -0.4 is 5.32 Å². The molecule has 0 unspecified atom stereocenters. The number of Topliss-reactive ketones (excluding diaryl/α,β-unsaturated/α-hetero) is 1. The first kappa shape index (κ1) is 19.7. The summed E-state index contributed by atoms with van der Waals surface area (Å²) < 4.78 is 5.03. The Labute approximate surface area is 157 Å². The second kappa shape index (κ2) is 9.77. The average molecular weight is 371 g/mol. The SMILES string of the molecule is CSc1ccc(C(=O)OCC(=O)N[C@@H](Cc2ccccc2)C(C)=O)cc1. The summed E-state index contributed by atoms with van der Waals surface area (Å²) in [5.74, 6) is -1.23. The van der Waals surface area contributed by atoms with Crippen LogP contribution in [0, 0.1) is 0 Å². The van der Waals surface area contributed by atoms with Gasteiger partial charge in [-0.1, -0.05) is 30.3 Å². The molecule has 0 aliphatic carbocycles. The van der Waals surface area contributed by atoms with E-state index in [4.69, 9.17) is 4.74 Å². The van der Waals surface area contributed by atoms with Gasteiger partial charge in [-0.3, -0.25) is 9.59 Å². The fourth-order valence-electron chi connectivity index (χ4n) is 2.32. The number of ketones is 1. The summed E-state index contributed by atoms with van der Waals surface area (Å²) in [6, 6.07) is 15.7. The Kier molecular flexibility index (Phi) is 7.41. The van der Waals surface area contributed by atoms with E-state index >= 15 is 0 Å². The molecular weight excluding hydrogens is 350 g/mol. The molecule has 0 aliphatic heterocycles. The highest BCUT2D eigenvalue weighted by Gasteiger charge is 2.18. The van der Waals surface area contributed by atoms with Crippen molar-refractivity contribution >= 4 is 29.4 Å². The van der Waals surface area contributed by atoms with Crippen LogP contribution in [-0.4, -0.2) is 36.6 Å². The van der Waals surface area contributed by atoms with Crippen molar-refractivity contribution in [1.29, 1.82) is 0 Å². The Morgan fingerprint density at radius 1 is 1.04 bits per heavy atom. The summed E-state index contributed by atoms with van der Waals surface area (Å²) in [5.41, 5.74) is 1.32. The third-order valence-corrected chi connectivity index (χ3v) is 4.51. The van der Waals surface area contributed by atoms with Crippen molar-refractivity contribution in [2.75, 3.05) is 12.9 Å². The molecule has 6 heteroatoms. The van der Waals surface area contributed by atoms with E-state index in [1.165, 1.54) is 6.92 Å². The summed E-state index contributed by atoms with van der Waals surface area (Å²) in [5, 5.41) is 2.62. The molecule has 0 aromatic heterocycles. The van der Waals surface area contributed by atoms with Crippen molar-refractivity contribution in [2.24, 2.45) is 0 Å². The van der Waals surface area contributed by atoms with E-state index in [2.05, 4.69) is 5.32 Å². The summed E-state index contributed by atoms with van der Waals surface area (Å²) in [7, 11) is 0. The maximum absolute atomic E-state index is 12.0. The highest BCUT2D eigenvalue weighted by atomic mass is 32.2. The number of thioether (sulfide) groups is 1. The van der Waals surface area contributed by atoms with Crippen molar-refractivity contribution in [3.05, 3.63) is 65.7 Å². The first-order valence-corrected chi connectivity index (χ1v) is 9.37. The molecule has 0 radical (unpaired) electrons. The van der Waals surface area contributed by atoms with Gasteiger partial charge in [-0.15, -0.1) is 11.8 Å². The summed E-state index contributed by atoms with van der Waals surface area (Å²) in [6.45, 7) is 0.995. The van der Waals surface area contributed by atoms with Crippen LogP contribution in [0.5, 0.6) is 0 Å². The molecule has 2 aromatic rings. The first-order valence-electron chi connectivity index (χ1n) is 8.14. The second-order valence-corrected chi connectivity index (χ2v) is 6.60. The molecule has 0 bridgehead atoms. The second-order valence-electron chi connectivity index (χ2n) is 5.73. The van der Waals surface area contributed by atoms with Gasteiger partial charge in [0.25, 0.3) is 5.91 Å². The van der Waals surface area contributed by atoms with Gasteiger partial charge >= 0.3 is 5.97 Å². The van der Waals surface area contributed by atoms with Crippen LogP contribution in [0.15, 0.2) is 59.5 Å². The average Bonchev–Trinajstić information content (AvgIpc) is 2.66. The molecule has 1 N–H and O–H groups in total. The number of amides is 1. The third kappa shape index (κ3) is 6.04. The maximum Gasteiger partial charge on any atom is 0.338 e. The van der Waals surface area contributed by atoms with Crippen LogP contribution in [-0.2, 0) is 20.7 Å². The summed E-state index contributed by atoms with van der Waals surface area (Å²) in [4.78, 5) is 36.8. The number of carbonyl (C=O) groups excluding carboxylic acids is 3. The van der Waals surface area contributed by atoms with Crippen LogP contribution >= 0.6 is 11.8 Å². The standard InChI is InChI=1S/C20H21NO4S/c1-14(22)18(12-15-6-4-3-5-7-15)21-19(23)13-25-20(24)16-8-10-17(26-2)11-9-16/h3-11,18H,12-13H2,1-2H3,(H,21,23)/t18-/m0/s1.